The van der Waals surface area contributed by atoms with Gasteiger partial charge in [0.2, 0.25) is 0 Å². The van der Waals surface area contributed by atoms with Gasteiger partial charge in [-0.15, -0.1) is 0 Å². The first-order chi connectivity index (χ1) is 8.24. The highest BCUT2D eigenvalue weighted by molar-refractivity contribution is 5.35. The van der Waals surface area contributed by atoms with E-state index in [0.717, 1.165) is 31.2 Å². The molecule has 3 heteroatoms. The molecule has 1 N–H and O–H groups in total. The van der Waals surface area contributed by atoms with Crippen LogP contribution in [0.15, 0.2) is 29.4 Å². The Morgan fingerprint density at radius 2 is 2.00 bits per heavy atom. The normalized spacial score (nSPS) is 26.4. The molecule has 0 bridgehead atoms. The maximum atomic E-state index is 10.9. The number of phenols is 1. The molecule has 1 aliphatic rings. The van der Waals surface area contributed by atoms with E-state index in [9.17, 15) is 10.0 Å². The van der Waals surface area contributed by atoms with Crippen molar-refractivity contribution in [2.24, 2.45) is 11.1 Å². The summed E-state index contributed by atoms with van der Waals surface area (Å²) in [6, 6.07) is 7.31. The molecular formula is C14H19NO2. The average Bonchev–Trinajstić information content (AvgIpc) is 2.38. The summed E-state index contributed by atoms with van der Waals surface area (Å²) >= 11 is 0. The highest BCUT2D eigenvalue weighted by Gasteiger charge is 2.32. The van der Waals surface area contributed by atoms with E-state index in [4.69, 9.17) is 0 Å². The lowest BCUT2D eigenvalue weighted by Gasteiger charge is -2.31. The molecule has 0 heterocycles. The molecule has 0 saturated heterocycles. The van der Waals surface area contributed by atoms with Crippen molar-refractivity contribution in [2.45, 2.75) is 44.6 Å². The van der Waals surface area contributed by atoms with E-state index in [1.165, 1.54) is 0 Å². The number of hydrogen-bond acceptors (Lipinski definition) is 3. The van der Waals surface area contributed by atoms with Gasteiger partial charge in [-0.25, -0.2) is 0 Å². The van der Waals surface area contributed by atoms with Crippen molar-refractivity contribution in [1.29, 1.82) is 0 Å². The Labute approximate surface area is 102 Å². The molecule has 0 spiro atoms. The predicted molar refractivity (Wildman–Crippen MR) is 68.1 cm³/mol. The number of nitrogens with zero attached hydrogens (tertiary/aromatic N) is 1. The number of benzene rings is 1. The zero-order valence-electron chi connectivity index (χ0n) is 10.2. The summed E-state index contributed by atoms with van der Waals surface area (Å²) in [6.07, 6.45) is 4.19. The number of nitroso groups, excluding NO2 is 1. The van der Waals surface area contributed by atoms with Crippen molar-refractivity contribution >= 4 is 0 Å². The lowest BCUT2D eigenvalue weighted by molar-refractivity contribution is 0.269. The number of para-hydroxylation sites is 1. The van der Waals surface area contributed by atoms with Gasteiger partial charge in [0.25, 0.3) is 0 Å². The van der Waals surface area contributed by atoms with E-state index < -0.39 is 0 Å². The maximum absolute atomic E-state index is 10.9. The van der Waals surface area contributed by atoms with Gasteiger partial charge in [0.15, 0.2) is 0 Å². The molecule has 0 radical (unpaired) electrons. The summed E-state index contributed by atoms with van der Waals surface area (Å²) in [6.45, 7) is 2.09. The largest absolute Gasteiger partial charge is 0.508 e. The lowest BCUT2D eigenvalue weighted by atomic mass is 9.75. The van der Waals surface area contributed by atoms with Crippen LogP contribution in [-0.2, 0) is 0 Å². The zero-order chi connectivity index (χ0) is 12.3. The zero-order valence-corrected chi connectivity index (χ0v) is 10.2. The number of rotatable bonds is 3. The van der Waals surface area contributed by atoms with Gasteiger partial charge in [-0.2, -0.15) is 4.91 Å². The summed E-state index contributed by atoms with van der Waals surface area (Å²) in [7, 11) is 0. The van der Waals surface area contributed by atoms with Crippen molar-refractivity contribution < 1.29 is 5.11 Å². The third kappa shape index (κ3) is 2.48. The van der Waals surface area contributed by atoms with Crippen LogP contribution in [-0.4, -0.2) is 11.1 Å². The van der Waals surface area contributed by atoms with Crippen LogP contribution in [0.25, 0.3) is 0 Å². The molecule has 1 fully saturated rings. The third-order valence-corrected chi connectivity index (χ3v) is 3.99. The molecule has 0 aromatic heterocycles. The fourth-order valence-corrected chi connectivity index (χ4v) is 2.96. The minimum atomic E-state index is -0.0849. The first kappa shape index (κ1) is 12.1. The van der Waals surface area contributed by atoms with Gasteiger partial charge in [0, 0.05) is 0 Å². The van der Waals surface area contributed by atoms with Crippen molar-refractivity contribution in [3.63, 3.8) is 0 Å². The molecule has 3 atom stereocenters. The molecule has 0 aliphatic heterocycles. The van der Waals surface area contributed by atoms with Gasteiger partial charge >= 0.3 is 0 Å². The van der Waals surface area contributed by atoms with E-state index in [2.05, 4.69) is 12.1 Å². The maximum Gasteiger partial charge on any atom is 0.119 e. The Bertz CT molecular complexity index is 392. The monoisotopic (exact) mass is 233 g/mol. The number of phenolic OH excluding ortho intramolecular Hbond substituents is 1. The van der Waals surface area contributed by atoms with Crippen molar-refractivity contribution in [3.05, 3.63) is 34.7 Å². The summed E-state index contributed by atoms with van der Waals surface area (Å²) < 4.78 is 0. The number of hydrogen-bond donors (Lipinski definition) is 1. The second-order valence-electron chi connectivity index (χ2n) is 4.97. The van der Waals surface area contributed by atoms with Crippen LogP contribution in [0.1, 0.15) is 44.1 Å². The van der Waals surface area contributed by atoms with Crippen molar-refractivity contribution in [1.82, 2.24) is 0 Å². The molecule has 2 rings (SSSR count). The molecular weight excluding hydrogens is 214 g/mol. The van der Waals surface area contributed by atoms with E-state index in [1.54, 1.807) is 6.07 Å². The highest BCUT2D eigenvalue weighted by Crippen LogP contribution is 2.40. The lowest BCUT2D eigenvalue weighted by Crippen LogP contribution is -2.27. The first-order valence-electron chi connectivity index (χ1n) is 6.34. The molecule has 17 heavy (non-hydrogen) atoms. The highest BCUT2D eigenvalue weighted by atomic mass is 16.3. The molecule has 1 aromatic rings. The molecule has 1 aliphatic carbocycles. The summed E-state index contributed by atoms with van der Waals surface area (Å²) in [5, 5.41) is 13.1. The smallest absolute Gasteiger partial charge is 0.119 e. The third-order valence-electron chi connectivity index (χ3n) is 3.99. The summed E-state index contributed by atoms with van der Waals surface area (Å²) in [4.78, 5) is 10.9. The second kappa shape index (κ2) is 5.30. The fourth-order valence-electron chi connectivity index (χ4n) is 2.96. The Balaban J connectivity index is 2.21. The quantitative estimate of drug-likeness (QED) is 0.807. The van der Waals surface area contributed by atoms with Gasteiger partial charge in [-0.1, -0.05) is 43.1 Å². The van der Waals surface area contributed by atoms with E-state index >= 15 is 0 Å². The Morgan fingerprint density at radius 3 is 2.71 bits per heavy atom. The van der Waals surface area contributed by atoms with Gasteiger partial charge in [0.05, 0.1) is 6.04 Å². The van der Waals surface area contributed by atoms with Crippen LogP contribution in [0.3, 0.4) is 0 Å². The van der Waals surface area contributed by atoms with Gasteiger partial charge < -0.3 is 5.11 Å². The van der Waals surface area contributed by atoms with E-state index in [1.807, 2.05) is 18.2 Å². The molecule has 3 nitrogen and oxygen atoms in total. The predicted octanol–water partition coefficient (Wildman–Crippen LogP) is 3.82. The first-order valence-corrected chi connectivity index (χ1v) is 6.34. The molecule has 1 saturated carbocycles. The molecule has 92 valence electrons. The topological polar surface area (TPSA) is 49.7 Å². The van der Waals surface area contributed by atoms with E-state index in [0.29, 0.717) is 5.75 Å². The average molecular weight is 233 g/mol. The van der Waals surface area contributed by atoms with Crippen LogP contribution in [0, 0.1) is 10.8 Å². The minimum Gasteiger partial charge on any atom is -0.508 e. The van der Waals surface area contributed by atoms with Crippen LogP contribution >= 0.6 is 0 Å². The molecule has 0 amide bonds. The van der Waals surface area contributed by atoms with Crippen LogP contribution in [0.2, 0.25) is 0 Å². The van der Waals surface area contributed by atoms with E-state index in [-0.39, 0.29) is 17.9 Å². The van der Waals surface area contributed by atoms with Crippen LogP contribution in [0.5, 0.6) is 5.75 Å². The fraction of sp³-hybridized carbons (Fsp3) is 0.571. The van der Waals surface area contributed by atoms with Gasteiger partial charge in [-0.05, 0) is 36.3 Å². The molecule has 1 aromatic carbocycles. The summed E-state index contributed by atoms with van der Waals surface area (Å²) in [5.41, 5.74) is 0.938. The molecule has 3 unspecified atom stereocenters. The summed E-state index contributed by atoms with van der Waals surface area (Å²) in [5.74, 6) is 0.795. The van der Waals surface area contributed by atoms with Crippen molar-refractivity contribution in [2.75, 3.05) is 0 Å². The Kier molecular flexibility index (Phi) is 3.77. The number of aromatic hydroxyl groups is 1. The Morgan fingerprint density at radius 1 is 1.29 bits per heavy atom. The van der Waals surface area contributed by atoms with Crippen LogP contribution < -0.4 is 0 Å². The Hall–Kier alpha value is -1.38. The van der Waals surface area contributed by atoms with Gasteiger partial charge in [0.1, 0.15) is 5.75 Å². The second-order valence-corrected chi connectivity index (χ2v) is 4.97. The standard InChI is InChI=1S/C14H19NO2/c1-10(12-7-3-5-9-14(12)16)11-6-2-4-8-13(11)15-17/h3,5,7,9-11,13,16H,2,4,6,8H2,1H3. The minimum absolute atomic E-state index is 0.0849. The van der Waals surface area contributed by atoms with Crippen LogP contribution in [0.4, 0.5) is 0 Å². The SMILES string of the molecule is CC(c1ccccc1O)C1CCCCC1N=O. The van der Waals surface area contributed by atoms with Gasteiger partial charge in [-0.3, -0.25) is 0 Å². The van der Waals surface area contributed by atoms with Crippen molar-refractivity contribution in [3.8, 4) is 5.75 Å².